The van der Waals surface area contributed by atoms with Crippen LogP contribution in [-0.2, 0) is 14.3 Å². The average molecular weight is 237 g/mol. The Bertz CT molecular complexity index is 191. The van der Waals surface area contributed by atoms with Gasteiger partial charge in [0.25, 0.3) is 0 Å². The lowest BCUT2D eigenvalue weighted by molar-refractivity contribution is -0.148. The van der Waals surface area contributed by atoms with E-state index in [-0.39, 0.29) is 5.78 Å². The summed E-state index contributed by atoms with van der Waals surface area (Å²) in [4.78, 5) is 22.3. The zero-order valence-corrected chi connectivity index (χ0v) is 9.10. The summed E-state index contributed by atoms with van der Waals surface area (Å²) in [6, 6.07) is 0. The highest BCUT2D eigenvalue weighted by Crippen LogP contribution is 2.25. The minimum absolute atomic E-state index is 0.219. The zero-order chi connectivity index (χ0) is 9.78. The molecule has 0 heterocycles. The Hall–Kier alpha value is -0.380. The first-order valence-electron chi connectivity index (χ1n) is 3.86. The summed E-state index contributed by atoms with van der Waals surface area (Å²) in [5, 5.41) is 0. The van der Waals surface area contributed by atoms with Crippen molar-refractivity contribution in [1.29, 1.82) is 0 Å². The molecule has 0 aliphatic carbocycles. The van der Waals surface area contributed by atoms with Gasteiger partial charge in [-0.3, -0.25) is 9.59 Å². The summed E-state index contributed by atoms with van der Waals surface area (Å²) < 4.78 is 3.62. The second-order valence-electron chi connectivity index (χ2n) is 2.43. The van der Waals surface area contributed by atoms with Crippen LogP contribution in [0.1, 0.15) is 27.2 Å². The topological polar surface area (TPSA) is 43.4 Å². The number of halogens is 1. The van der Waals surface area contributed by atoms with Crippen LogP contribution in [-0.4, -0.2) is 22.7 Å². The van der Waals surface area contributed by atoms with Crippen molar-refractivity contribution in [1.82, 2.24) is 0 Å². The van der Waals surface area contributed by atoms with E-state index in [4.69, 9.17) is 4.74 Å². The summed E-state index contributed by atoms with van der Waals surface area (Å²) in [6.45, 7) is 5.13. The van der Waals surface area contributed by atoms with Crippen LogP contribution < -0.4 is 0 Å². The van der Waals surface area contributed by atoms with Gasteiger partial charge in [-0.15, -0.1) is 0 Å². The maximum atomic E-state index is 11.2. The quantitative estimate of drug-likeness (QED) is 0.424. The molecule has 0 aliphatic rings. The highest BCUT2D eigenvalue weighted by molar-refractivity contribution is 9.10. The average Bonchev–Trinajstić information content (AvgIpc) is 2.03. The number of carbonyl (C=O) groups excluding carboxylic acids is 2. The third-order valence-corrected chi connectivity index (χ3v) is 3.09. The fourth-order valence-corrected chi connectivity index (χ4v) is 0.897. The van der Waals surface area contributed by atoms with E-state index >= 15 is 0 Å². The van der Waals surface area contributed by atoms with E-state index < -0.39 is 10.3 Å². The van der Waals surface area contributed by atoms with Crippen molar-refractivity contribution in [3.8, 4) is 0 Å². The number of alkyl halides is 1. The fourth-order valence-electron chi connectivity index (χ4n) is 0.782. The third-order valence-electron chi connectivity index (χ3n) is 1.64. The molecule has 70 valence electrons. The number of rotatable bonds is 4. The van der Waals surface area contributed by atoms with Crippen molar-refractivity contribution < 1.29 is 14.3 Å². The molecule has 0 aromatic heterocycles. The highest BCUT2D eigenvalue weighted by atomic mass is 79.9. The Kier molecular flexibility index (Phi) is 4.45. The lowest BCUT2D eigenvalue weighted by atomic mass is 10.0. The predicted molar refractivity (Wildman–Crippen MR) is 49.3 cm³/mol. The van der Waals surface area contributed by atoms with E-state index in [1.807, 2.05) is 0 Å². The molecule has 0 amide bonds. The summed E-state index contributed by atoms with van der Waals surface area (Å²) >= 11 is 3.09. The summed E-state index contributed by atoms with van der Waals surface area (Å²) in [5.41, 5.74) is 0. The Morgan fingerprint density at radius 2 is 1.92 bits per heavy atom. The molecule has 0 N–H and O–H groups in total. The van der Waals surface area contributed by atoms with Crippen molar-refractivity contribution >= 4 is 27.7 Å². The molecule has 0 saturated heterocycles. The van der Waals surface area contributed by atoms with Crippen molar-refractivity contribution in [2.24, 2.45) is 0 Å². The molecule has 3 nitrogen and oxygen atoms in total. The van der Waals surface area contributed by atoms with E-state index in [2.05, 4.69) is 15.9 Å². The van der Waals surface area contributed by atoms with E-state index in [1.54, 1.807) is 13.8 Å². The number of ether oxygens (including phenoxy) is 1. The molecule has 0 radical (unpaired) electrons. The van der Waals surface area contributed by atoms with Gasteiger partial charge in [-0.1, -0.05) is 22.9 Å². The monoisotopic (exact) mass is 236 g/mol. The highest BCUT2D eigenvalue weighted by Gasteiger charge is 2.40. The maximum absolute atomic E-state index is 11.2. The number of carbonyl (C=O) groups is 2. The molecule has 0 rings (SSSR count). The molecule has 0 aromatic rings. The molecule has 4 heteroatoms. The van der Waals surface area contributed by atoms with E-state index in [0.29, 0.717) is 13.0 Å². The predicted octanol–water partition coefficient (Wildman–Crippen LogP) is 1.68. The number of hydrogen-bond acceptors (Lipinski definition) is 3. The van der Waals surface area contributed by atoms with Crippen LogP contribution in [0.25, 0.3) is 0 Å². The third kappa shape index (κ3) is 2.30. The SMILES string of the molecule is CCOC(=O)C(Br)(CC)C(C)=O. The number of esters is 1. The van der Waals surface area contributed by atoms with Gasteiger partial charge in [0.2, 0.25) is 0 Å². The van der Waals surface area contributed by atoms with Gasteiger partial charge >= 0.3 is 5.97 Å². The first kappa shape index (κ1) is 11.6. The van der Waals surface area contributed by atoms with Crippen molar-refractivity contribution in [2.45, 2.75) is 31.5 Å². The van der Waals surface area contributed by atoms with E-state index in [1.165, 1.54) is 6.92 Å². The maximum Gasteiger partial charge on any atom is 0.330 e. The molecular formula is C8H13BrO3. The molecule has 0 aliphatic heterocycles. The summed E-state index contributed by atoms with van der Waals surface area (Å²) in [7, 11) is 0. The molecule has 0 bridgehead atoms. The molecule has 0 aromatic carbocycles. The Morgan fingerprint density at radius 1 is 1.42 bits per heavy atom. The Morgan fingerprint density at radius 3 is 2.17 bits per heavy atom. The van der Waals surface area contributed by atoms with Gasteiger partial charge in [0.1, 0.15) is 0 Å². The molecule has 0 spiro atoms. The van der Waals surface area contributed by atoms with Crippen molar-refractivity contribution in [3.63, 3.8) is 0 Å². The molecule has 1 atom stereocenters. The van der Waals surface area contributed by atoms with Crippen LogP contribution in [0.15, 0.2) is 0 Å². The molecule has 12 heavy (non-hydrogen) atoms. The number of ketones is 1. The summed E-state index contributed by atoms with van der Waals surface area (Å²) in [6.07, 6.45) is 0.404. The van der Waals surface area contributed by atoms with Crippen LogP contribution in [0.5, 0.6) is 0 Å². The second-order valence-corrected chi connectivity index (χ2v) is 3.79. The molecular weight excluding hydrogens is 224 g/mol. The Balaban J connectivity index is 4.52. The van der Waals surface area contributed by atoms with Gasteiger partial charge in [0, 0.05) is 0 Å². The second kappa shape index (κ2) is 4.60. The van der Waals surface area contributed by atoms with Crippen molar-refractivity contribution in [3.05, 3.63) is 0 Å². The number of Topliss-reactive ketones (excluding diaryl/α,β-unsaturated/α-hetero) is 1. The van der Waals surface area contributed by atoms with Crippen LogP contribution in [0.3, 0.4) is 0 Å². The Labute approximate surface area is 80.6 Å². The smallest absolute Gasteiger partial charge is 0.330 e. The number of hydrogen-bond donors (Lipinski definition) is 0. The largest absolute Gasteiger partial charge is 0.465 e. The van der Waals surface area contributed by atoms with Crippen LogP contribution >= 0.6 is 15.9 Å². The lowest BCUT2D eigenvalue weighted by Crippen LogP contribution is -2.40. The van der Waals surface area contributed by atoms with Gasteiger partial charge in [0.05, 0.1) is 6.61 Å². The zero-order valence-electron chi connectivity index (χ0n) is 7.52. The lowest BCUT2D eigenvalue weighted by Gasteiger charge is -2.19. The van der Waals surface area contributed by atoms with Crippen molar-refractivity contribution in [2.75, 3.05) is 6.61 Å². The van der Waals surface area contributed by atoms with Gasteiger partial charge in [-0.25, -0.2) is 0 Å². The molecule has 0 saturated carbocycles. The van der Waals surface area contributed by atoms with Crippen LogP contribution in [0.4, 0.5) is 0 Å². The van der Waals surface area contributed by atoms with Gasteiger partial charge in [0.15, 0.2) is 10.1 Å². The fraction of sp³-hybridized carbons (Fsp3) is 0.750. The minimum atomic E-state index is -1.14. The van der Waals surface area contributed by atoms with Gasteiger partial charge in [-0.2, -0.15) is 0 Å². The first-order valence-corrected chi connectivity index (χ1v) is 4.65. The molecule has 0 fully saturated rings. The van der Waals surface area contributed by atoms with Crippen LogP contribution in [0.2, 0.25) is 0 Å². The summed E-state index contributed by atoms with van der Waals surface area (Å²) in [5.74, 6) is -0.719. The minimum Gasteiger partial charge on any atom is -0.465 e. The first-order chi connectivity index (χ1) is 5.49. The van der Waals surface area contributed by atoms with Gasteiger partial charge < -0.3 is 4.74 Å². The van der Waals surface area contributed by atoms with E-state index in [9.17, 15) is 9.59 Å². The van der Waals surface area contributed by atoms with Crippen LogP contribution in [0, 0.1) is 0 Å². The standard InChI is InChI=1S/C8H13BrO3/c1-4-8(9,6(3)10)7(11)12-5-2/h4-5H2,1-3H3. The normalized spacial score (nSPS) is 15.0. The van der Waals surface area contributed by atoms with Gasteiger partial charge in [-0.05, 0) is 20.3 Å². The van der Waals surface area contributed by atoms with E-state index in [0.717, 1.165) is 0 Å². The molecule has 1 unspecified atom stereocenters.